The number of sulfonamides is 1. The van der Waals surface area contributed by atoms with Gasteiger partial charge in [0.15, 0.2) is 0 Å². The molecule has 1 saturated carbocycles. The Kier molecular flexibility index (Phi) is 10.8. The second kappa shape index (κ2) is 14.6. The minimum Gasteiger partial charge on any atom is -0.497 e. The number of rotatable bonds is 10. The zero-order valence-electron chi connectivity index (χ0n) is 26.0. The van der Waals surface area contributed by atoms with Gasteiger partial charge >= 0.3 is 5.97 Å². The van der Waals surface area contributed by atoms with Gasteiger partial charge in [-0.05, 0) is 72.0 Å². The van der Waals surface area contributed by atoms with Gasteiger partial charge in [-0.1, -0.05) is 54.2 Å². The summed E-state index contributed by atoms with van der Waals surface area (Å²) in [7, 11) is -0.866. The first-order chi connectivity index (χ1) is 22.4. The van der Waals surface area contributed by atoms with Crippen molar-refractivity contribution in [2.24, 2.45) is 0 Å². The lowest BCUT2D eigenvalue weighted by Gasteiger charge is -2.49. The van der Waals surface area contributed by atoms with E-state index in [2.05, 4.69) is 10.2 Å². The highest BCUT2D eigenvalue weighted by Crippen LogP contribution is 2.48. The minimum atomic E-state index is -3.63. The largest absolute Gasteiger partial charge is 0.497 e. The van der Waals surface area contributed by atoms with Crippen LogP contribution in [0.5, 0.6) is 5.75 Å². The van der Waals surface area contributed by atoms with E-state index in [0.717, 1.165) is 19.1 Å². The zero-order valence-corrected chi connectivity index (χ0v) is 28.3. The Hall–Kier alpha value is -3.68. The summed E-state index contributed by atoms with van der Waals surface area (Å²) in [5, 5.41) is 0.593. The van der Waals surface area contributed by atoms with Crippen LogP contribution in [0.1, 0.15) is 75.0 Å². The molecule has 2 amide bonds. The number of esters is 1. The quantitative estimate of drug-likeness (QED) is 0.218. The molecular weight excluding hydrogens is 669 g/mol. The highest BCUT2D eigenvalue weighted by Gasteiger charge is 2.49. The van der Waals surface area contributed by atoms with Gasteiger partial charge in [0.1, 0.15) is 5.75 Å². The Morgan fingerprint density at radius 1 is 0.979 bits per heavy atom. The van der Waals surface area contributed by atoms with E-state index < -0.39 is 45.9 Å². The molecule has 0 spiro atoms. The fraction of sp³-hybridized carbons (Fsp3) is 0.364. The van der Waals surface area contributed by atoms with Gasteiger partial charge in [-0.2, -0.15) is 0 Å². The van der Waals surface area contributed by atoms with E-state index >= 15 is 0 Å². The van der Waals surface area contributed by atoms with Crippen molar-refractivity contribution >= 4 is 51.0 Å². The zero-order chi connectivity index (χ0) is 33.9. The summed E-state index contributed by atoms with van der Waals surface area (Å²) in [6.07, 6.45) is 3.59. The molecule has 1 aliphatic carbocycles. The number of benzene rings is 3. The molecule has 47 heavy (non-hydrogen) atoms. The van der Waals surface area contributed by atoms with E-state index in [1.54, 1.807) is 59.5 Å². The Balaban J connectivity index is 1.59. The molecule has 3 aromatic carbocycles. The molecule has 5 rings (SSSR count). The van der Waals surface area contributed by atoms with Crippen molar-refractivity contribution in [2.45, 2.75) is 56.3 Å². The van der Waals surface area contributed by atoms with E-state index in [-0.39, 0.29) is 23.1 Å². The Labute approximate surface area is 283 Å². The molecule has 0 saturated heterocycles. The molecule has 4 atom stereocenters. The molecule has 0 aromatic heterocycles. The number of hydroxylamine groups is 1. The number of carbonyl (C=O) groups excluding carboxylic acids is 3. The van der Waals surface area contributed by atoms with Crippen molar-refractivity contribution in [1.82, 2.24) is 15.1 Å². The van der Waals surface area contributed by atoms with Crippen molar-refractivity contribution in [3.05, 3.63) is 98.5 Å². The summed E-state index contributed by atoms with van der Waals surface area (Å²) in [5.74, 6) is -2.12. The maximum absolute atomic E-state index is 14.5. The van der Waals surface area contributed by atoms with Crippen LogP contribution in [-0.2, 0) is 31.0 Å². The van der Waals surface area contributed by atoms with E-state index in [4.69, 9.17) is 37.5 Å². The van der Waals surface area contributed by atoms with Crippen LogP contribution in [0.4, 0.5) is 0 Å². The van der Waals surface area contributed by atoms with Gasteiger partial charge in [-0.3, -0.25) is 14.4 Å². The lowest BCUT2D eigenvalue weighted by Crippen LogP contribution is -2.59. The van der Waals surface area contributed by atoms with Gasteiger partial charge in [0, 0.05) is 27.7 Å². The molecule has 250 valence electrons. The van der Waals surface area contributed by atoms with Crippen molar-refractivity contribution in [1.29, 1.82) is 0 Å². The summed E-state index contributed by atoms with van der Waals surface area (Å²) in [5.41, 5.74) is 4.58. The normalized spacial score (nSPS) is 21.1. The molecule has 0 bridgehead atoms. The Morgan fingerprint density at radius 2 is 1.74 bits per heavy atom. The van der Waals surface area contributed by atoms with Gasteiger partial charge in [0.05, 0.1) is 44.6 Å². The van der Waals surface area contributed by atoms with Crippen LogP contribution >= 0.6 is 23.2 Å². The highest BCUT2D eigenvalue weighted by molar-refractivity contribution is 7.88. The number of hydrogen-bond acceptors (Lipinski definition) is 8. The van der Waals surface area contributed by atoms with E-state index in [0.29, 0.717) is 45.9 Å². The van der Waals surface area contributed by atoms with Crippen molar-refractivity contribution in [3.8, 4) is 5.75 Å². The van der Waals surface area contributed by atoms with Gasteiger partial charge in [0.25, 0.3) is 11.8 Å². The van der Waals surface area contributed by atoms with Gasteiger partial charge in [0.2, 0.25) is 10.0 Å². The number of amides is 2. The van der Waals surface area contributed by atoms with Gasteiger partial charge < -0.3 is 14.4 Å². The average Bonchev–Trinajstić information content (AvgIpc) is 3.04. The number of carbonyl (C=O) groups is 3. The number of hydrogen-bond donors (Lipinski definition) is 2. The monoisotopic (exact) mass is 703 g/mol. The minimum absolute atomic E-state index is 0.0771. The van der Waals surface area contributed by atoms with Gasteiger partial charge in [-0.15, -0.1) is 0 Å². The number of methoxy groups -OCH3 is 2. The summed E-state index contributed by atoms with van der Waals surface area (Å²) in [6.45, 7) is -0.0771. The Morgan fingerprint density at radius 3 is 2.45 bits per heavy atom. The van der Waals surface area contributed by atoms with E-state index in [9.17, 15) is 22.8 Å². The molecule has 2 aliphatic rings. The molecule has 0 radical (unpaired) electrons. The predicted molar refractivity (Wildman–Crippen MR) is 176 cm³/mol. The summed E-state index contributed by atoms with van der Waals surface area (Å²) in [6, 6.07) is 14.1. The SMILES string of the molecule is COC(=O)c1cccc(CONC(=O)[C@@H]2c3cc(OC)ccc3C(=O)N(C3CCCC[C@@H]3NS(C)(=O)=O)[C@H]2c2ccc(Cl)cc2Cl)c1. The molecule has 1 heterocycles. The molecule has 14 heteroatoms. The first-order valence-corrected chi connectivity index (χ1v) is 17.6. The molecule has 1 aliphatic heterocycles. The number of ether oxygens (including phenoxy) is 2. The smallest absolute Gasteiger partial charge is 0.337 e. The van der Waals surface area contributed by atoms with Crippen LogP contribution in [0.25, 0.3) is 0 Å². The number of nitrogens with one attached hydrogen (secondary N) is 2. The maximum Gasteiger partial charge on any atom is 0.337 e. The van der Waals surface area contributed by atoms with Crippen molar-refractivity contribution in [2.75, 3.05) is 20.5 Å². The average molecular weight is 705 g/mol. The van der Waals surface area contributed by atoms with Crippen LogP contribution in [0.15, 0.2) is 60.7 Å². The first kappa shape index (κ1) is 34.6. The standard InChI is InChI=1S/C33H35Cl2N3O8S/c1-44-22-12-14-23-25(17-22)29(31(39)36-46-18-19-7-6-8-20(15-19)33(41)45-2)30(24-13-11-21(34)16-26(24)35)38(32(23)40)28-10-5-4-9-27(28)37-47(3,42)43/h6-8,11-17,27-30,37H,4-5,9-10,18H2,1-3H3,(H,36,39)/t27-,28?,29+,30-/m0/s1. The number of halogens is 2. The molecule has 1 unspecified atom stereocenters. The molecule has 1 fully saturated rings. The van der Waals surface area contributed by atoms with Crippen molar-refractivity contribution < 1.29 is 37.1 Å². The van der Waals surface area contributed by atoms with Crippen LogP contribution in [-0.4, -0.2) is 63.7 Å². The number of fused-ring (bicyclic) bond motifs is 1. The third kappa shape index (κ3) is 7.73. The fourth-order valence-corrected chi connectivity index (χ4v) is 7.79. The molecule has 3 aromatic rings. The van der Waals surface area contributed by atoms with Crippen LogP contribution in [0.2, 0.25) is 10.0 Å². The lowest BCUT2D eigenvalue weighted by molar-refractivity contribution is -0.138. The van der Waals surface area contributed by atoms with E-state index in [1.807, 2.05) is 0 Å². The lowest BCUT2D eigenvalue weighted by atomic mass is 9.76. The molecule has 11 nitrogen and oxygen atoms in total. The fourth-order valence-electron chi connectivity index (χ4n) is 6.44. The topological polar surface area (TPSA) is 140 Å². The highest BCUT2D eigenvalue weighted by atomic mass is 35.5. The molecule has 2 N–H and O–H groups in total. The van der Waals surface area contributed by atoms with Crippen LogP contribution < -0.4 is 14.9 Å². The number of nitrogens with zero attached hydrogens (tertiary/aromatic N) is 1. The third-order valence-electron chi connectivity index (χ3n) is 8.45. The van der Waals surface area contributed by atoms with Gasteiger partial charge in [-0.25, -0.2) is 23.4 Å². The second-order valence-electron chi connectivity index (χ2n) is 11.5. The third-order valence-corrected chi connectivity index (χ3v) is 9.74. The Bertz CT molecular complexity index is 1790. The summed E-state index contributed by atoms with van der Waals surface area (Å²) < 4.78 is 37.9. The predicted octanol–water partition coefficient (Wildman–Crippen LogP) is 5.18. The maximum atomic E-state index is 14.5. The first-order valence-electron chi connectivity index (χ1n) is 14.9. The van der Waals surface area contributed by atoms with Crippen molar-refractivity contribution in [3.63, 3.8) is 0 Å². The molecular formula is C33H35Cl2N3O8S. The van der Waals surface area contributed by atoms with E-state index in [1.165, 1.54) is 20.3 Å². The van der Waals surface area contributed by atoms with Crippen LogP contribution in [0, 0.1) is 0 Å². The summed E-state index contributed by atoms with van der Waals surface area (Å²) in [4.78, 5) is 48.1. The van der Waals surface area contributed by atoms with Crippen LogP contribution in [0.3, 0.4) is 0 Å². The summed E-state index contributed by atoms with van der Waals surface area (Å²) >= 11 is 13.1. The second-order valence-corrected chi connectivity index (χ2v) is 14.2.